The van der Waals surface area contributed by atoms with Crippen LogP contribution in [0.15, 0.2) is 47.3 Å². The van der Waals surface area contributed by atoms with E-state index in [1.165, 1.54) is 4.68 Å². The lowest BCUT2D eigenvalue weighted by molar-refractivity contribution is -0.149. The Labute approximate surface area is 233 Å². The summed E-state index contributed by atoms with van der Waals surface area (Å²) in [6.45, 7) is 6.06. The van der Waals surface area contributed by atoms with Gasteiger partial charge in [0.15, 0.2) is 13.9 Å². The molecule has 0 aliphatic carbocycles. The first-order valence-electron chi connectivity index (χ1n) is 13.9. The van der Waals surface area contributed by atoms with Gasteiger partial charge < -0.3 is 24.4 Å². The third-order valence-electron chi connectivity index (χ3n) is 9.23. The number of aromatic nitrogens is 2. The first-order chi connectivity index (χ1) is 19.0. The van der Waals surface area contributed by atoms with Crippen molar-refractivity contribution in [3.63, 3.8) is 0 Å². The number of ether oxygens (including phenoxy) is 1. The highest BCUT2D eigenvalue weighted by molar-refractivity contribution is 6.71. The molecule has 0 bridgehead atoms. The molecular weight excluding hydrogens is 528 g/mol. The summed E-state index contributed by atoms with van der Waals surface area (Å²) in [6, 6.07) is 12.5. The van der Waals surface area contributed by atoms with E-state index in [0.717, 1.165) is 12.8 Å². The third kappa shape index (κ3) is 3.82. The molecule has 40 heavy (non-hydrogen) atoms. The lowest BCUT2D eigenvalue weighted by atomic mass is 9.82. The molecule has 1 aromatic heterocycles. The van der Waals surface area contributed by atoms with Gasteiger partial charge in [0.05, 0.1) is 47.5 Å². The van der Waals surface area contributed by atoms with Gasteiger partial charge >= 0.3 is 0 Å². The molecule has 5 atom stereocenters. The molecule has 2 amide bonds. The van der Waals surface area contributed by atoms with Crippen molar-refractivity contribution in [3.8, 4) is 5.69 Å². The van der Waals surface area contributed by atoms with Crippen LogP contribution in [-0.4, -0.2) is 77.1 Å². The summed E-state index contributed by atoms with van der Waals surface area (Å²) in [5.41, 5.74) is 0.579. The monoisotopic (exact) mass is 564 g/mol. The van der Waals surface area contributed by atoms with E-state index in [-0.39, 0.29) is 36.4 Å². The van der Waals surface area contributed by atoms with Crippen molar-refractivity contribution in [2.45, 2.75) is 62.6 Å². The van der Waals surface area contributed by atoms with Gasteiger partial charge in [-0.3, -0.25) is 19.5 Å². The second-order valence-corrected chi connectivity index (χ2v) is 16.0. The SMILES string of the molecule is C[C@@H]1[C@@H]([Si](C)(C)O)[C@H](CC(=O)N2CCC[C@H]2CO)O[C@@]12C(=O)N(C)c1ccc(-n3[nH]c4ccccc4c3=O)cc12. The number of rotatable bonds is 5. The van der Waals surface area contributed by atoms with E-state index in [4.69, 9.17) is 4.74 Å². The van der Waals surface area contributed by atoms with Crippen LogP contribution >= 0.6 is 0 Å². The molecule has 2 saturated heterocycles. The number of aromatic amines is 1. The van der Waals surface area contributed by atoms with Crippen LogP contribution in [0.25, 0.3) is 16.6 Å². The van der Waals surface area contributed by atoms with Gasteiger partial charge in [0.25, 0.3) is 11.5 Å². The van der Waals surface area contributed by atoms with Gasteiger partial charge in [0.1, 0.15) is 0 Å². The van der Waals surface area contributed by atoms with E-state index >= 15 is 0 Å². The summed E-state index contributed by atoms with van der Waals surface area (Å²) in [4.78, 5) is 55.4. The van der Waals surface area contributed by atoms with Gasteiger partial charge in [-0.15, -0.1) is 0 Å². The van der Waals surface area contributed by atoms with Crippen molar-refractivity contribution < 1.29 is 24.2 Å². The molecular formula is C29H36N4O6Si. The van der Waals surface area contributed by atoms with Gasteiger partial charge in [-0.1, -0.05) is 19.1 Å². The van der Waals surface area contributed by atoms with Crippen LogP contribution in [0.5, 0.6) is 0 Å². The number of likely N-dealkylation sites (N-methyl/N-ethyl adjacent to an activating group) is 1. The third-order valence-corrected chi connectivity index (χ3v) is 11.7. The molecule has 2 fully saturated rings. The standard InChI is InChI=1S/C29H36N4O6Si/c1-17-26(40(3,4)38)24(15-25(35)32-13-7-8-19(32)16-34)39-29(17)21-14-18(11-12-23(21)31(2)28(29)37)33-27(36)20-9-5-6-10-22(20)30-33/h5-6,9-12,14,17,19,24,26,30,34,38H,7-8,13,15-16H2,1-4H3/t17-,19+,24+,26-,29+/m1/s1. The zero-order chi connectivity index (χ0) is 28.6. The largest absolute Gasteiger partial charge is 0.432 e. The Morgan fingerprint density at radius 3 is 2.65 bits per heavy atom. The van der Waals surface area contributed by atoms with Crippen LogP contribution in [-0.2, 0) is 19.9 Å². The normalized spacial score (nSPS) is 28.3. The molecule has 3 aliphatic heterocycles. The quantitative estimate of drug-likeness (QED) is 0.409. The number of aliphatic hydroxyl groups is 1. The van der Waals surface area contributed by atoms with Crippen molar-refractivity contribution in [2.75, 3.05) is 25.1 Å². The number of fused-ring (bicyclic) bond motifs is 3. The molecule has 3 aliphatic rings. The van der Waals surface area contributed by atoms with Crippen molar-refractivity contribution in [3.05, 3.63) is 58.4 Å². The number of hydrogen-bond donors (Lipinski definition) is 3. The fraction of sp³-hybridized carbons (Fsp3) is 0.483. The van der Waals surface area contributed by atoms with E-state index in [0.29, 0.717) is 34.4 Å². The molecule has 0 saturated carbocycles. The fourth-order valence-corrected chi connectivity index (χ4v) is 9.95. The summed E-state index contributed by atoms with van der Waals surface area (Å²) in [6.07, 6.45) is 0.943. The Balaban J connectivity index is 1.43. The highest BCUT2D eigenvalue weighted by Gasteiger charge is 2.66. The minimum atomic E-state index is -2.93. The Bertz CT molecular complexity index is 1560. The molecule has 0 unspecified atom stereocenters. The van der Waals surface area contributed by atoms with Gasteiger partial charge in [0, 0.05) is 30.6 Å². The molecule has 0 radical (unpaired) electrons. The maximum Gasteiger partial charge on any atom is 0.279 e. The first-order valence-corrected chi connectivity index (χ1v) is 16.9. The van der Waals surface area contributed by atoms with E-state index in [2.05, 4.69) is 5.10 Å². The second-order valence-electron chi connectivity index (χ2n) is 12.0. The summed E-state index contributed by atoms with van der Waals surface area (Å²) in [5, 5.41) is 13.5. The summed E-state index contributed by atoms with van der Waals surface area (Å²) in [7, 11) is -1.23. The van der Waals surface area contributed by atoms with Crippen LogP contribution in [0, 0.1) is 5.92 Å². The zero-order valence-corrected chi connectivity index (χ0v) is 24.3. The number of hydrogen-bond acceptors (Lipinski definition) is 6. The summed E-state index contributed by atoms with van der Waals surface area (Å²) < 4.78 is 8.19. The number of carbonyl (C=O) groups excluding carboxylic acids is 2. The maximum atomic E-state index is 14.0. The Kier molecular flexibility index (Phi) is 6.33. The Morgan fingerprint density at radius 1 is 1.20 bits per heavy atom. The molecule has 10 nitrogen and oxygen atoms in total. The number of H-pyrrole nitrogens is 1. The number of benzene rings is 2. The minimum Gasteiger partial charge on any atom is -0.432 e. The van der Waals surface area contributed by atoms with E-state index in [1.807, 2.05) is 50.3 Å². The Hall–Kier alpha value is -3.25. The van der Waals surface area contributed by atoms with Crippen molar-refractivity contribution >= 4 is 36.7 Å². The summed E-state index contributed by atoms with van der Waals surface area (Å²) >= 11 is 0. The number of aliphatic hydroxyl groups excluding tert-OH is 1. The number of amides is 2. The molecule has 1 spiro atoms. The maximum absolute atomic E-state index is 14.0. The predicted molar refractivity (Wildman–Crippen MR) is 153 cm³/mol. The lowest BCUT2D eigenvalue weighted by Gasteiger charge is -2.32. The number of carbonyl (C=O) groups is 2. The number of anilines is 1. The Morgan fingerprint density at radius 2 is 1.95 bits per heavy atom. The van der Waals surface area contributed by atoms with Crippen LogP contribution in [0.4, 0.5) is 5.69 Å². The highest BCUT2D eigenvalue weighted by Crippen LogP contribution is 2.59. The average molecular weight is 565 g/mol. The average Bonchev–Trinajstić information content (AvgIpc) is 3.65. The number of likely N-dealkylation sites (tertiary alicyclic amines) is 1. The van der Waals surface area contributed by atoms with Crippen LogP contribution < -0.4 is 10.5 Å². The fourth-order valence-electron chi connectivity index (χ4n) is 7.39. The molecule has 4 heterocycles. The zero-order valence-electron chi connectivity index (χ0n) is 23.3. The van der Waals surface area contributed by atoms with Crippen LogP contribution in [0.3, 0.4) is 0 Å². The minimum absolute atomic E-state index is 0.0255. The summed E-state index contributed by atoms with van der Waals surface area (Å²) in [5.74, 6) is -0.801. The predicted octanol–water partition coefficient (Wildman–Crippen LogP) is 2.47. The van der Waals surface area contributed by atoms with Gasteiger partial charge in [-0.05, 0) is 56.3 Å². The van der Waals surface area contributed by atoms with E-state index in [9.17, 15) is 24.3 Å². The molecule has 3 N–H and O–H groups in total. The molecule has 2 aromatic carbocycles. The second kappa shape index (κ2) is 9.40. The molecule has 11 heteroatoms. The number of nitrogens with zero attached hydrogens (tertiary/aromatic N) is 3. The smallest absolute Gasteiger partial charge is 0.279 e. The molecule has 6 rings (SSSR count). The lowest BCUT2D eigenvalue weighted by Crippen LogP contribution is -2.45. The topological polar surface area (TPSA) is 128 Å². The van der Waals surface area contributed by atoms with Crippen LogP contribution in [0.2, 0.25) is 18.6 Å². The van der Waals surface area contributed by atoms with Crippen LogP contribution in [0.1, 0.15) is 31.7 Å². The molecule has 3 aromatic rings. The van der Waals surface area contributed by atoms with Crippen molar-refractivity contribution in [1.82, 2.24) is 14.7 Å². The number of nitrogens with one attached hydrogen (secondary N) is 1. The van der Waals surface area contributed by atoms with Crippen molar-refractivity contribution in [2.24, 2.45) is 5.92 Å². The van der Waals surface area contributed by atoms with Gasteiger partial charge in [0.2, 0.25) is 5.91 Å². The first kappa shape index (κ1) is 26.9. The molecule has 212 valence electrons. The van der Waals surface area contributed by atoms with E-state index in [1.54, 1.807) is 29.0 Å². The van der Waals surface area contributed by atoms with Gasteiger partial charge in [-0.25, -0.2) is 4.68 Å². The van der Waals surface area contributed by atoms with Crippen molar-refractivity contribution in [1.29, 1.82) is 0 Å². The van der Waals surface area contributed by atoms with Gasteiger partial charge in [-0.2, -0.15) is 0 Å². The highest BCUT2D eigenvalue weighted by atomic mass is 28.4. The number of para-hydroxylation sites is 1. The van der Waals surface area contributed by atoms with E-state index < -0.39 is 31.5 Å².